The van der Waals surface area contributed by atoms with E-state index >= 15 is 0 Å². The second-order valence-electron chi connectivity index (χ2n) is 4.68. The molecular formula is C15H11BrClN3O. The van der Waals surface area contributed by atoms with Crippen molar-refractivity contribution in [3.8, 4) is 0 Å². The zero-order valence-electron chi connectivity index (χ0n) is 11.2. The van der Waals surface area contributed by atoms with Crippen molar-refractivity contribution in [2.24, 2.45) is 0 Å². The summed E-state index contributed by atoms with van der Waals surface area (Å²) in [5, 5.41) is 1.39. The van der Waals surface area contributed by atoms with E-state index in [0.29, 0.717) is 22.0 Å². The van der Waals surface area contributed by atoms with Crippen molar-refractivity contribution in [1.82, 2.24) is 14.5 Å². The number of rotatable bonds is 2. The number of pyridine rings is 1. The fraction of sp³-hybridized carbons (Fsp3) is 0.133. The molecule has 21 heavy (non-hydrogen) atoms. The van der Waals surface area contributed by atoms with Gasteiger partial charge in [0.05, 0.1) is 12.1 Å². The Bertz CT molecular complexity index is 892. The zero-order valence-corrected chi connectivity index (χ0v) is 13.5. The van der Waals surface area contributed by atoms with Crippen molar-refractivity contribution in [3.05, 3.63) is 67.9 Å². The van der Waals surface area contributed by atoms with Crippen LogP contribution in [0.2, 0.25) is 5.15 Å². The molecule has 1 aromatic carbocycles. The van der Waals surface area contributed by atoms with E-state index in [4.69, 9.17) is 11.6 Å². The first kappa shape index (κ1) is 14.2. The molecule has 3 aromatic rings. The molecule has 2 heterocycles. The lowest BCUT2D eigenvalue weighted by molar-refractivity contribution is 0.694. The standard InChI is InChI=1S/C15H11BrClN3O/c1-9-18-7-12(16)15(21)20(9)8-11-6-10-4-2-3-5-13(10)19-14(11)17/h2-7H,8H2,1H3. The minimum atomic E-state index is -0.133. The number of nitrogens with zero attached hydrogens (tertiary/aromatic N) is 3. The Balaban J connectivity index is 2.12. The van der Waals surface area contributed by atoms with E-state index in [2.05, 4.69) is 25.9 Å². The summed E-state index contributed by atoms with van der Waals surface area (Å²) in [6.07, 6.45) is 1.51. The van der Waals surface area contributed by atoms with Gasteiger partial charge in [-0.1, -0.05) is 29.8 Å². The van der Waals surface area contributed by atoms with Crippen LogP contribution in [0.3, 0.4) is 0 Å². The van der Waals surface area contributed by atoms with Gasteiger partial charge in [0.15, 0.2) is 0 Å². The first-order valence-corrected chi connectivity index (χ1v) is 7.49. The Morgan fingerprint density at radius 2 is 2.10 bits per heavy atom. The van der Waals surface area contributed by atoms with Gasteiger partial charge in [0.1, 0.15) is 15.5 Å². The van der Waals surface area contributed by atoms with Crippen molar-refractivity contribution in [2.75, 3.05) is 0 Å². The highest BCUT2D eigenvalue weighted by atomic mass is 79.9. The Labute approximate surface area is 134 Å². The van der Waals surface area contributed by atoms with E-state index in [1.807, 2.05) is 30.3 Å². The molecule has 0 aliphatic carbocycles. The second-order valence-corrected chi connectivity index (χ2v) is 5.89. The third kappa shape index (κ3) is 2.71. The molecule has 0 saturated heterocycles. The number of fused-ring (bicyclic) bond motifs is 1. The van der Waals surface area contributed by atoms with Gasteiger partial charge >= 0.3 is 0 Å². The summed E-state index contributed by atoms with van der Waals surface area (Å²) in [5.41, 5.74) is 1.50. The molecule has 0 bridgehead atoms. The summed E-state index contributed by atoms with van der Waals surface area (Å²) in [6.45, 7) is 2.13. The van der Waals surface area contributed by atoms with Crippen LogP contribution in [-0.2, 0) is 6.54 Å². The molecule has 2 aromatic heterocycles. The molecule has 6 heteroatoms. The fourth-order valence-electron chi connectivity index (χ4n) is 2.15. The third-order valence-electron chi connectivity index (χ3n) is 3.28. The summed E-state index contributed by atoms with van der Waals surface area (Å²) in [5.74, 6) is 0.632. The molecular weight excluding hydrogens is 354 g/mol. The fourth-order valence-corrected chi connectivity index (χ4v) is 2.68. The topological polar surface area (TPSA) is 47.8 Å². The highest BCUT2D eigenvalue weighted by molar-refractivity contribution is 9.10. The van der Waals surface area contributed by atoms with E-state index < -0.39 is 0 Å². The molecule has 0 spiro atoms. The minimum Gasteiger partial charge on any atom is -0.291 e. The predicted octanol–water partition coefficient (Wildman–Crippen LogP) is 3.56. The molecule has 0 N–H and O–H groups in total. The van der Waals surface area contributed by atoms with Crippen molar-refractivity contribution in [2.45, 2.75) is 13.5 Å². The summed E-state index contributed by atoms with van der Waals surface area (Å²) < 4.78 is 2.00. The lowest BCUT2D eigenvalue weighted by Gasteiger charge is -2.11. The highest BCUT2D eigenvalue weighted by Gasteiger charge is 2.10. The zero-order chi connectivity index (χ0) is 15.0. The summed E-state index contributed by atoms with van der Waals surface area (Å²) >= 11 is 9.45. The largest absolute Gasteiger partial charge is 0.291 e. The molecule has 0 saturated carbocycles. The quantitative estimate of drug-likeness (QED) is 0.653. The van der Waals surface area contributed by atoms with Crippen LogP contribution in [0, 0.1) is 6.92 Å². The van der Waals surface area contributed by atoms with Gasteiger partial charge in [-0.25, -0.2) is 9.97 Å². The van der Waals surface area contributed by atoms with Crippen LogP contribution in [0.1, 0.15) is 11.4 Å². The van der Waals surface area contributed by atoms with Crippen LogP contribution in [-0.4, -0.2) is 14.5 Å². The number of hydrogen-bond acceptors (Lipinski definition) is 3. The maximum absolute atomic E-state index is 12.2. The monoisotopic (exact) mass is 363 g/mol. The second kappa shape index (κ2) is 5.58. The molecule has 3 rings (SSSR count). The number of benzene rings is 1. The maximum Gasteiger partial charge on any atom is 0.268 e. The molecule has 0 radical (unpaired) electrons. The van der Waals surface area contributed by atoms with Gasteiger partial charge in [0.25, 0.3) is 5.56 Å². The van der Waals surface area contributed by atoms with Gasteiger partial charge in [0.2, 0.25) is 0 Å². The third-order valence-corrected chi connectivity index (χ3v) is 4.15. The number of halogens is 2. The molecule has 0 atom stereocenters. The van der Waals surface area contributed by atoms with E-state index in [9.17, 15) is 4.79 Å². The Morgan fingerprint density at radius 3 is 2.90 bits per heavy atom. The van der Waals surface area contributed by atoms with Crippen LogP contribution in [0.4, 0.5) is 0 Å². The van der Waals surface area contributed by atoms with E-state index in [1.54, 1.807) is 11.5 Å². The molecule has 0 unspecified atom stereocenters. The van der Waals surface area contributed by atoms with Gasteiger partial charge in [-0.05, 0) is 35.0 Å². The number of para-hydroxylation sites is 1. The average molecular weight is 365 g/mol. The predicted molar refractivity (Wildman–Crippen MR) is 86.8 cm³/mol. The van der Waals surface area contributed by atoms with Gasteiger partial charge in [0, 0.05) is 17.1 Å². The van der Waals surface area contributed by atoms with Crippen LogP contribution in [0.25, 0.3) is 10.9 Å². The van der Waals surface area contributed by atoms with Crippen molar-refractivity contribution in [1.29, 1.82) is 0 Å². The Morgan fingerprint density at radius 1 is 1.33 bits per heavy atom. The van der Waals surface area contributed by atoms with Crippen LogP contribution in [0.15, 0.2) is 45.8 Å². The van der Waals surface area contributed by atoms with Crippen molar-refractivity contribution < 1.29 is 0 Å². The number of aryl methyl sites for hydroxylation is 1. The molecule has 0 aliphatic rings. The Kier molecular flexibility index (Phi) is 3.78. The normalized spacial score (nSPS) is 11.0. The van der Waals surface area contributed by atoms with Gasteiger partial charge in [-0.3, -0.25) is 9.36 Å². The van der Waals surface area contributed by atoms with Crippen LogP contribution in [0.5, 0.6) is 0 Å². The molecule has 106 valence electrons. The number of hydrogen-bond donors (Lipinski definition) is 0. The average Bonchev–Trinajstić information content (AvgIpc) is 2.48. The number of aromatic nitrogens is 3. The lowest BCUT2D eigenvalue weighted by atomic mass is 10.1. The van der Waals surface area contributed by atoms with Gasteiger partial charge in [-0.2, -0.15) is 0 Å². The lowest BCUT2D eigenvalue weighted by Crippen LogP contribution is -2.24. The van der Waals surface area contributed by atoms with Crippen molar-refractivity contribution in [3.63, 3.8) is 0 Å². The maximum atomic E-state index is 12.2. The Hall–Kier alpha value is -1.72. The first-order valence-electron chi connectivity index (χ1n) is 6.32. The van der Waals surface area contributed by atoms with E-state index in [1.165, 1.54) is 6.20 Å². The van der Waals surface area contributed by atoms with Gasteiger partial charge < -0.3 is 0 Å². The van der Waals surface area contributed by atoms with Gasteiger partial charge in [-0.15, -0.1) is 0 Å². The van der Waals surface area contributed by atoms with Crippen molar-refractivity contribution >= 4 is 38.4 Å². The van der Waals surface area contributed by atoms with Crippen LogP contribution < -0.4 is 5.56 Å². The first-order chi connectivity index (χ1) is 10.1. The summed E-state index contributed by atoms with van der Waals surface area (Å²) in [7, 11) is 0. The van der Waals surface area contributed by atoms with Crippen LogP contribution >= 0.6 is 27.5 Å². The SMILES string of the molecule is Cc1ncc(Br)c(=O)n1Cc1cc2ccccc2nc1Cl. The minimum absolute atomic E-state index is 0.133. The molecule has 0 amide bonds. The summed E-state index contributed by atoms with van der Waals surface area (Å²) in [4.78, 5) is 20.7. The smallest absolute Gasteiger partial charge is 0.268 e. The summed E-state index contributed by atoms with van der Waals surface area (Å²) in [6, 6.07) is 9.69. The van der Waals surface area contributed by atoms with E-state index in [-0.39, 0.29) is 5.56 Å². The molecule has 0 fully saturated rings. The van der Waals surface area contributed by atoms with E-state index in [0.717, 1.165) is 16.5 Å². The molecule has 0 aliphatic heterocycles. The molecule has 4 nitrogen and oxygen atoms in total. The highest BCUT2D eigenvalue weighted by Crippen LogP contribution is 2.21.